The SMILES string of the molecule is c1ccc(-c2nc(-c3cccc4oc5ccc(-c6ccc7c8ccccc8n(-c8ccccc8)c7c6)cc5c34)nc3ccccc23)cc1. The van der Waals surface area contributed by atoms with Gasteiger partial charge in [0.2, 0.25) is 0 Å². The maximum absolute atomic E-state index is 6.44. The highest BCUT2D eigenvalue weighted by atomic mass is 16.3. The summed E-state index contributed by atoms with van der Waals surface area (Å²) in [6, 6.07) is 57.2. The molecule has 3 heterocycles. The summed E-state index contributed by atoms with van der Waals surface area (Å²) in [5.74, 6) is 0.681. The molecule has 0 atom stereocenters. The van der Waals surface area contributed by atoms with Gasteiger partial charge in [-0.05, 0) is 59.7 Å². The van der Waals surface area contributed by atoms with Gasteiger partial charge >= 0.3 is 0 Å². The third-order valence-electron chi connectivity index (χ3n) is 9.41. The molecule has 7 aromatic carbocycles. The lowest BCUT2D eigenvalue weighted by Gasteiger charge is -2.10. The van der Waals surface area contributed by atoms with Crippen LogP contribution in [0.2, 0.25) is 0 Å². The summed E-state index contributed by atoms with van der Waals surface area (Å²) in [4.78, 5) is 10.3. The zero-order valence-electron chi connectivity index (χ0n) is 25.8. The molecule has 0 aliphatic heterocycles. The smallest absolute Gasteiger partial charge is 0.161 e. The van der Waals surface area contributed by atoms with Crippen LogP contribution in [0.15, 0.2) is 168 Å². The first-order valence-electron chi connectivity index (χ1n) is 16.2. The van der Waals surface area contributed by atoms with Crippen molar-refractivity contribution in [3.8, 4) is 39.5 Å². The van der Waals surface area contributed by atoms with E-state index >= 15 is 0 Å². The van der Waals surface area contributed by atoms with Crippen molar-refractivity contribution < 1.29 is 4.42 Å². The highest BCUT2D eigenvalue weighted by molar-refractivity contribution is 6.14. The summed E-state index contributed by atoms with van der Waals surface area (Å²) in [6.45, 7) is 0. The van der Waals surface area contributed by atoms with E-state index in [1.165, 1.54) is 21.8 Å². The summed E-state index contributed by atoms with van der Waals surface area (Å²) in [5, 5.41) is 5.57. The average Bonchev–Trinajstić information content (AvgIpc) is 3.70. The van der Waals surface area contributed by atoms with Gasteiger partial charge in [-0.1, -0.05) is 115 Å². The van der Waals surface area contributed by atoms with Crippen LogP contribution in [0, 0.1) is 0 Å². The largest absolute Gasteiger partial charge is 0.456 e. The van der Waals surface area contributed by atoms with Crippen molar-refractivity contribution >= 4 is 54.6 Å². The Kier molecular flexibility index (Phi) is 5.84. The lowest BCUT2D eigenvalue weighted by Crippen LogP contribution is -1.95. The molecule has 10 aromatic rings. The molecule has 0 aliphatic carbocycles. The van der Waals surface area contributed by atoms with Crippen LogP contribution in [0.4, 0.5) is 0 Å². The molecule has 0 radical (unpaired) electrons. The van der Waals surface area contributed by atoms with Gasteiger partial charge in [-0.2, -0.15) is 0 Å². The van der Waals surface area contributed by atoms with Crippen LogP contribution < -0.4 is 0 Å². The van der Waals surface area contributed by atoms with Crippen molar-refractivity contribution in [1.29, 1.82) is 0 Å². The van der Waals surface area contributed by atoms with Crippen LogP contribution in [0.1, 0.15) is 0 Å². The van der Waals surface area contributed by atoms with Gasteiger partial charge in [0.25, 0.3) is 0 Å². The molecule has 224 valence electrons. The van der Waals surface area contributed by atoms with E-state index < -0.39 is 0 Å². The van der Waals surface area contributed by atoms with E-state index in [0.29, 0.717) is 5.82 Å². The Balaban J connectivity index is 1.19. The Bertz CT molecular complexity index is 2830. The number of nitrogens with zero attached hydrogens (tertiary/aromatic N) is 3. The molecule has 0 amide bonds. The summed E-state index contributed by atoms with van der Waals surface area (Å²) in [5.41, 5.74) is 11.3. The summed E-state index contributed by atoms with van der Waals surface area (Å²) in [6.07, 6.45) is 0. The highest BCUT2D eigenvalue weighted by Crippen LogP contribution is 2.40. The molecule has 48 heavy (non-hydrogen) atoms. The second-order valence-electron chi connectivity index (χ2n) is 12.2. The molecule has 0 saturated carbocycles. The van der Waals surface area contributed by atoms with Crippen molar-refractivity contribution in [1.82, 2.24) is 14.5 Å². The normalized spacial score (nSPS) is 11.8. The second-order valence-corrected chi connectivity index (χ2v) is 12.2. The number of aromatic nitrogens is 3. The maximum Gasteiger partial charge on any atom is 0.161 e. The van der Waals surface area contributed by atoms with Gasteiger partial charge < -0.3 is 8.98 Å². The van der Waals surface area contributed by atoms with E-state index in [2.05, 4.69) is 138 Å². The number of fused-ring (bicyclic) bond motifs is 7. The molecular formula is C44H27N3O. The number of rotatable bonds is 4. The molecule has 4 heteroatoms. The fourth-order valence-electron chi connectivity index (χ4n) is 7.21. The number of benzene rings is 7. The molecule has 3 aromatic heterocycles. The summed E-state index contributed by atoms with van der Waals surface area (Å²) in [7, 11) is 0. The summed E-state index contributed by atoms with van der Waals surface area (Å²) >= 11 is 0. The third-order valence-corrected chi connectivity index (χ3v) is 9.41. The first-order chi connectivity index (χ1) is 23.8. The second kappa shape index (κ2) is 10.5. The number of hydrogen-bond donors (Lipinski definition) is 0. The Morgan fingerprint density at radius 2 is 1.15 bits per heavy atom. The van der Waals surface area contributed by atoms with E-state index in [9.17, 15) is 0 Å². The van der Waals surface area contributed by atoms with Crippen molar-refractivity contribution in [2.45, 2.75) is 0 Å². The molecule has 0 aliphatic rings. The molecule has 0 bridgehead atoms. The molecule has 0 saturated heterocycles. The monoisotopic (exact) mass is 613 g/mol. The van der Waals surface area contributed by atoms with Gasteiger partial charge in [-0.25, -0.2) is 9.97 Å². The highest BCUT2D eigenvalue weighted by Gasteiger charge is 2.18. The van der Waals surface area contributed by atoms with Crippen LogP contribution in [0.25, 0.3) is 94.1 Å². The van der Waals surface area contributed by atoms with Gasteiger partial charge in [-0.3, -0.25) is 0 Å². The lowest BCUT2D eigenvalue weighted by atomic mass is 9.99. The molecule has 10 rings (SSSR count). The minimum atomic E-state index is 0.681. The average molecular weight is 614 g/mol. The zero-order valence-corrected chi connectivity index (χ0v) is 25.8. The Morgan fingerprint density at radius 3 is 2.02 bits per heavy atom. The quantitative estimate of drug-likeness (QED) is 0.198. The van der Waals surface area contributed by atoms with Crippen LogP contribution in [-0.4, -0.2) is 14.5 Å². The van der Waals surface area contributed by atoms with Gasteiger partial charge in [0.1, 0.15) is 11.2 Å². The van der Waals surface area contributed by atoms with Crippen molar-refractivity contribution in [2.75, 3.05) is 0 Å². The van der Waals surface area contributed by atoms with Gasteiger partial charge in [0, 0.05) is 43.7 Å². The summed E-state index contributed by atoms with van der Waals surface area (Å²) < 4.78 is 8.80. The van der Waals surface area contributed by atoms with Gasteiger partial charge in [0.15, 0.2) is 5.82 Å². The lowest BCUT2D eigenvalue weighted by molar-refractivity contribution is 0.669. The van der Waals surface area contributed by atoms with E-state index in [1.807, 2.05) is 30.3 Å². The van der Waals surface area contributed by atoms with E-state index in [4.69, 9.17) is 14.4 Å². The molecule has 0 fully saturated rings. The molecule has 0 unspecified atom stereocenters. The minimum absolute atomic E-state index is 0.681. The molecular weight excluding hydrogens is 587 g/mol. The van der Waals surface area contributed by atoms with E-state index in [1.54, 1.807) is 0 Å². The van der Waals surface area contributed by atoms with Crippen molar-refractivity contribution in [3.05, 3.63) is 164 Å². The minimum Gasteiger partial charge on any atom is -0.456 e. The van der Waals surface area contributed by atoms with Crippen LogP contribution in [0.5, 0.6) is 0 Å². The van der Waals surface area contributed by atoms with E-state index in [-0.39, 0.29) is 0 Å². The zero-order chi connectivity index (χ0) is 31.6. The van der Waals surface area contributed by atoms with Gasteiger partial charge in [0.05, 0.1) is 22.2 Å². The Hall–Kier alpha value is -6.52. The first kappa shape index (κ1) is 26.7. The number of para-hydroxylation sites is 3. The first-order valence-corrected chi connectivity index (χ1v) is 16.2. The standard InChI is InChI=1S/C44H27N3O/c1-3-12-28(13-4-1)43-34-17-7-9-19-37(34)45-44(46-43)35-18-11-21-41-42(35)36-26-29(23-25-40(36)48-41)30-22-24-33-32-16-8-10-20-38(32)47(39(33)27-30)31-14-5-2-6-15-31/h1-27H. The van der Waals surface area contributed by atoms with E-state index in [0.717, 1.165) is 66.5 Å². The molecule has 4 nitrogen and oxygen atoms in total. The maximum atomic E-state index is 6.44. The number of hydrogen-bond acceptors (Lipinski definition) is 3. The molecule has 0 N–H and O–H groups in total. The van der Waals surface area contributed by atoms with Crippen LogP contribution >= 0.6 is 0 Å². The van der Waals surface area contributed by atoms with Crippen molar-refractivity contribution in [2.24, 2.45) is 0 Å². The predicted octanol–water partition coefficient (Wildman–Crippen LogP) is 11.6. The topological polar surface area (TPSA) is 43.9 Å². The van der Waals surface area contributed by atoms with Crippen LogP contribution in [0.3, 0.4) is 0 Å². The van der Waals surface area contributed by atoms with Crippen molar-refractivity contribution in [3.63, 3.8) is 0 Å². The fourth-order valence-corrected chi connectivity index (χ4v) is 7.21. The Labute approximate surface area is 276 Å². The molecule has 0 spiro atoms. The number of furan rings is 1. The fraction of sp³-hybridized carbons (Fsp3) is 0. The Morgan fingerprint density at radius 1 is 0.438 bits per heavy atom. The third kappa shape index (κ3) is 4.10. The predicted molar refractivity (Wildman–Crippen MR) is 197 cm³/mol. The van der Waals surface area contributed by atoms with Crippen LogP contribution in [-0.2, 0) is 0 Å². The van der Waals surface area contributed by atoms with Gasteiger partial charge in [-0.15, -0.1) is 0 Å².